The van der Waals surface area contributed by atoms with Gasteiger partial charge in [-0.25, -0.2) is 4.98 Å². The summed E-state index contributed by atoms with van der Waals surface area (Å²) in [6, 6.07) is 15.9. The van der Waals surface area contributed by atoms with Gasteiger partial charge in [-0.3, -0.25) is 10.4 Å². The normalized spacial score (nSPS) is 12.1. The van der Waals surface area contributed by atoms with E-state index < -0.39 is 0 Å². The van der Waals surface area contributed by atoms with Gasteiger partial charge in [0.25, 0.3) is 0 Å². The van der Waals surface area contributed by atoms with Crippen molar-refractivity contribution in [3.05, 3.63) is 65.6 Å². The lowest BCUT2D eigenvalue weighted by Gasteiger charge is -2.14. The number of rotatable bonds is 26. The van der Waals surface area contributed by atoms with Gasteiger partial charge in [0, 0.05) is 12.5 Å². The van der Waals surface area contributed by atoms with E-state index in [1.807, 2.05) is 55.5 Å². The van der Waals surface area contributed by atoms with Gasteiger partial charge in [0.1, 0.15) is 12.5 Å². The van der Waals surface area contributed by atoms with E-state index in [2.05, 4.69) is 36.3 Å². The largest absolute Gasteiger partial charge is 0.490 e. The Morgan fingerprint density at radius 2 is 1.29 bits per heavy atom. The average molecular weight is 660 g/mol. The van der Waals surface area contributed by atoms with Crippen molar-refractivity contribution in [2.24, 2.45) is 0 Å². The molecule has 2 aromatic heterocycles. The molecule has 0 amide bonds. The molecule has 0 aliphatic heterocycles. The number of nitrogens with zero attached hydrogens (tertiary/aromatic N) is 3. The Labute approximate surface area is 289 Å². The first-order valence-electron chi connectivity index (χ1n) is 18.8. The molecule has 0 saturated carbocycles. The second kappa shape index (κ2) is 21.5. The van der Waals surface area contributed by atoms with Gasteiger partial charge in [-0.05, 0) is 44.5 Å². The van der Waals surface area contributed by atoms with Crippen LogP contribution in [0.1, 0.15) is 140 Å². The van der Waals surface area contributed by atoms with Gasteiger partial charge >= 0.3 is 0 Å². The molecule has 1 unspecified atom stereocenters. The van der Waals surface area contributed by atoms with Crippen LogP contribution in [0.4, 0.5) is 0 Å². The molecule has 264 valence electrons. The van der Waals surface area contributed by atoms with Crippen LogP contribution >= 0.6 is 0 Å². The SMILES string of the molecule is CCCCCCCCCCCCCCCCCCOc1ccccc1OCNCC(C)c1nc2c(Oc3ccc(C)cc3)c(C)[nH]n2n1. The van der Waals surface area contributed by atoms with Crippen LogP contribution in [-0.4, -0.2) is 39.7 Å². The summed E-state index contributed by atoms with van der Waals surface area (Å²) in [5.41, 5.74) is 2.75. The zero-order chi connectivity index (χ0) is 33.8. The van der Waals surface area contributed by atoms with Crippen molar-refractivity contribution in [2.75, 3.05) is 19.9 Å². The van der Waals surface area contributed by atoms with Crippen molar-refractivity contribution in [2.45, 2.75) is 136 Å². The van der Waals surface area contributed by atoms with Crippen LogP contribution < -0.4 is 19.5 Å². The quantitative estimate of drug-likeness (QED) is 0.0515. The Kier molecular flexibility index (Phi) is 16.7. The topological polar surface area (TPSA) is 85.7 Å². The van der Waals surface area contributed by atoms with E-state index in [0.29, 0.717) is 24.7 Å². The highest BCUT2D eigenvalue weighted by molar-refractivity contribution is 5.57. The minimum Gasteiger partial charge on any atom is -0.490 e. The first-order valence-corrected chi connectivity index (χ1v) is 18.8. The van der Waals surface area contributed by atoms with Crippen molar-refractivity contribution in [1.82, 2.24) is 25.1 Å². The maximum Gasteiger partial charge on any atom is 0.218 e. The van der Waals surface area contributed by atoms with Crippen LogP contribution in [0, 0.1) is 13.8 Å². The highest BCUT2D eigenvalue weighted by Crippen LogP contribution is 2.30. The number of H-pyrrole nitrogens is 1. The van der Waals surface area contributed by atoms with Crippen molar-refractivity contribution < 1.29 is 14.2 Å². The molecule has 8 heteroatoms. The number of aryl methyl sites for hydroxylation is 2. The van der Waals surface area contributed by atoms with Crippen LogP contribution in [0.3, 0.4) is 0 Å². The summed E-state index contributed by atoms with van der Waals surface area (Å²) in [6.07, 6.45) is 21.9. The summed E-state index contributed by atoms with van der Waals surface area (Å²) in [7, 11) is 0. The van der Waals surface area contributed by atoms with Gasteiger partial charge in [0.05, 0.1) is 12.3 Å². The lowest BCUT2D eigenvalue weighted by atomic mass is 10.0. The Morgan fingerprint density at radius 3 is 1.90 bits per heavy atom. The van der Waals surface area contributed by atoms with Gasteiger partial charge in [-0.2, -0.15) is 0 Å². The Balaban J connectivity index is 1.05. The Bertz CT molecular complexity index is 1430. The number of unbranched alkanes of at least 4 members (excludes halogenated alkanes) is 15. The average Bonchev–Trinajstić information content (AvgIpc) is 3.63. The zero-order valence-electron chi connectivity index (χ0n) is 30.2. The fourth-order valence-corrected chi connectivity index (χ4v) is 6.00. The fraction of sp³-hybridized carbons (Fsp3) is 0.600. The molecular formula is C40H61N5O3. The molecule has 0 aliphatic rings. The molecule has 2 N–H and O–H groups in total. The van der Waals surface area contributed by atoms with Gasteiger partial charge in [0.2, 0.25) is 5.65 Å². The molecule has 0 saturated heterocycles. The molecule has 0 fully saturated rings. The second-order valence-electron chi connectivity index (χ2n) is 13.4. The summed E-state index contributed by atoms with van der Waals surface area (Å²) in [6.45, 7) is 10.2. The highest BCUT2D eigenvalue weighted by Gasteiger charge is 2.19. The standard InChI is InChI=1S/C40H61N5O3/c1-5-6-7-8-9-10-11-12-13-14-15-16-17-18-19-22-29-46-36-23-20-21-24-37(36)47-31-41-30-33(3)39-42-40-38(34(4)43-45(40)44-39)48-35-27-25-32(2)26-28-35/h20-21,23-28,33,41,43H,5-19,22,29-31H2,1-4H3. The van der Waals surface area contributed by atoms with Crippen molar-refractivity contribution in [3.8, 4) is 23.0 Å². The monoisotopic (exact) mass is 659 g/mol. The third-order valence-electron chi connectivity index (χ3n) is 9.01. The molecule has 2 aromatic carbocycles. The summed E-state index contributed by atoms with van der Waals surface area (Å²) in [4.78, 5) is 4.79. The molecule has 8 nitrogen and oxygen atoms in total. The highest BCUT2D eigenvalue weighted by atomic mass is 16.5. The van der Waals surface area contributed by atoms with Crippen molar-refractivity contribution in [3.63, 3.8) is 0 Å². The summed E-state index contributed by atoms with van der Waals surface area (Å²) in [5, 5.41) is 11.3. The van der Waals surface area contributed by atoms with Crippen LogP contribution in [0.5, 0.6) is 23.0 Å². The summed E-state index contributed by atoms with van der Waals surface area (Å²) in [5.74, 6) is 3.85. The predicted octanol–water partition coefficient (Wildman–Crippen LogP) is 10.8. The zero-order valence-corrected chi connectivity index (χ0v) is 30.2. The smallest absolute Gasteiger partial charge is 0.218 e. The number of benzene rings is 2. The minimum absolute atomic E-state index is 0.0795. The lowest BCUT2D eigenvalue weighted by Crippen LogP contribution is -2.25. The molecule has 48 heavy (non-hydrogen) atoms. The number of ether oxygens (including phenoxy) is 3. The van der Waals surface area contributed by atoms with Crippen LogP contribution in [0.15, 0.2) is 48.5 Å². The maximum atomic E-state index is 6.15. The van der Waals surface area contributed by atoms with Crippen molar-refractivity contribution >= 4 is 5.65 Å². The molecular weight excluding hydrogens is 598 g/mol. The van der Waals surface area contributed by atoms with Gasteiger partial charge in [0.15, 0.2) is 23.1 Å². The number of para-hydroxylation sites is 2. The minimum atomic E-state index is 0.0795. The molecule has 4 rings (SSSR count). The van der Waals surface area contributed by atoms with Crippen LogP contribution in [-0.2, 0) is 0 Å². The number of fused-ring (bicyclic) bond motifs is 1. The summed E-state index contributed by atoms with van der Waals surface area (Å²) >= 11 is 0. The van der Waals surface area contributed by atoms with Gasteiger partial charge in [-0.1, -0.05) is 140 Å². The van der Waals surface area contributed by atoms with E-state index in [1.165, 1.54) is 102 Å². The van der Waals surface area contributed by atoms with E-state index in [1.54, 1.807) is 4.63 Å². The molecule has 0 radical (unpaired) electrons. The van der Waals surface area contributed by atoms with Gasteiger partial charge < -0.3 is 14.2 Å². The second-order valence-corrected chi connectivity index (χ2v) is 13.4. The number of nitrogens with one attached hydrogen (secondary N) is 2. The molecule has 2 heterocycles. The Hall–Kier alpha value is -3.52. The number of hydrogen-bond donors (Lipinski definition) is 2. The molecule has 4 aromatic rings. The van der Waals surface area contributed by atoms with E-state index >= 15 is 0 Å². The molecule has 0 aliphatic carbocycles. The van der Waals surface area contributed by atoms with Gasteiger partial charge in [-0.15, -0.1) is 9.73 Å². The molecule has 1 atom stereocenters. The van der Waals surface area contributed by atoms with Crippen LogP contribution in [0.2, 0.25) is 0 Å². The van der Waals surface area contributed by atoms with Crippen LogP contribution in [0.25, 0.3) is 5.65 Å². The lowest BCUT2D eigenvalue weighted by molar-refractivity contribution is 0.246. The number of aromatic nitrogens is 4. The Morgan fingerprint density at radius 1 is 0.729 bits per heavy atom. The molecule has 0 spiro atoms. The number of aromatic amines is 1. The number of hydrogen-bond acceptors (Lipinski definition) is 6. The fourth-order valence-electron chi connectivity index (χ4n) is 6.00. The maximum absolute atomic E-state index is 6.15. The first-order chi connectivity index (χ1) is 23.5. The van der Waals surface area contributed by atoms with E-state index in [0.717, 1.165) is 41.8 Å². The van der Waals surface area contributed by atoms with Crippen molar-refractivity contribution in [1.29, 1.82) is 0 Å². The third-order valence-corrected chi connectivity index (χ3v) is 9.01. The van der Waals surface area contributed by atoms with E-state index in [9.17, 15) is 0 Å². The summed E-state index contributed by atoms with van der Waals surface area (Å²) < 4.78 is 20.0. The first kappa shape index (κ1) is 37.3. The molecule has 0 bridgehead atoms. The van der Waals surface area contributed by atoms with E-state index in [4.69, 9.17) is 19.2 Å². The van der Waals surface area contributed by atoms with E-state index in [-0.39, 0.29) is 5.92 Å². The third kappa shape index (κ3) is 12.8. The predicted molar refractivity (Wildman–Crippen MR) is 197 cm³/mol.